The monoisotopic (exact) mass is 287 g/mol. The molecular weight excluding hydrogens is 271 g/mol. The summed E-state index contributed by atoms with van der Waals surface area (Å²) in [7, 11) is 1.84. The molecule has 1 aromatic carbocycles. The fourth-order valence-corrected chi connectivity index (χ4v) is 1.91. The Morgan fingerprint density at radius 3 is 2.60 bits per heavy atom. The molecule has 0 unspecified atom stereocenters. The number of rotatable bonds is 4. The first-order chi connectivity index (χ1) is 9.27. The van der Waals surface area contributed by atoms with E-state index in [1.165, 1.54) is 6.07 Å². The number of nitrogens with two attached hydrogens (primary N) is 1. The number of halogens is 3. The number of likely N-dealkylation sites (N-methyl/N-ethyl adjacent to an activating group) is 1. The zero-order valence-corrected chi connectivity index (χ0v) is 11.0. The summed E-state index contributed by atoms with van der Waals surface area (Å²) >= 11 is 0. The van der Waals surface area contributed by atoms with Gasteiger partial charge in [-0.05, 0) is 38.1 Å². The average molecular weight is 287 g/mol. The number of hydrogen-bond acceptors (Lipinski definition) is 3. The van der Waals surface area contributed by atoms with Gasteiger partial charge in [0.2, 0.25) is 5.91 Å². The molecule has 0 spiro atoms. The van der Waals surface area contributed by atoms with Crippen LogP contribution in [0.15, 0.2) is 18.2 Å². The minimum absolute atomic E-state index is 0.0951. The molecule has 1 aliphatic rings. The fraction of sp³-hybridized carbons (Fsp3) is 0.462. The van der Waals surface area contributed by atoms with E-state index in [1.807, 2.05) is 11.9 Å². The van der Waals surface area contributed by atoms with Gasteiger partial charge in [-0.15, -0.1) is 0 Å². The Balaban J connectivity index is 2.00. The van der Waals surface area contributed by atoms with Crippen LogP contribution in [-0.4, -0.2) is 30.4 Å². The Morgan fingerprint density at radius 2 is 2.10 bits per heavy atom. The van der Waals surface area contributed by atoms with E-state index < -0.39 is 11.7 Å². The highest BCUT2D eigenvalue weighted by Gasteiger charge is 2.31. The Kier molecular flexibility index (Phi) is 3.89. The molecule has 0 heterocycles. The van der Waals surface area contributed by atoms with E-state index in [2.05, 4.69) is 5.32 Å². The van der Waals surface area contributed by atoms with Crippen LogP contribution in [0.5, 0.6) is 0 Å². The van der Waals surface area contributed by atoms with Crippen LogP contribution in [0.4, 0.5) is 24.5 Å². The molecular formula is C13H16F3N3O. The summed E-state index contributed by atoms with van der Waals surface area (Å²) in [6.07, 6.45) is -2.29. The lowest BCUT2D eigenvalue weighted by Gasteiger charge is -2.16. The molecule has 110 valence electrons. The van der Waals surface area contributed by atoms with E-state index in [0.29, 0.717) is 6.04 Å². The fourth-order valence-electron chi connectivity index (χ4n) is 1.91. The number of hydrogen-bond donors (Lipinski definition) is 2. The van der Waals surface area contributed by atoms with Crippen molar-refractivity contribution in [3.05, 3.63) is 23.8 Å². The highest BCUT2D eigenvalue weighted by atomic mass is 19.4. The van der Waals surface area contributed by atoms with E-state index in [-0.39, 0.29) is 23.8 Å². The molecule has 20 heavy (non-hydrogen) atoms. The van der Waals surface area contributed by atoms with Gasteiger partial charge in [0.1, 0.15) is 0 Å². The summed E-state index contributed by atoms with van der Waals surface area (Å²) in [4.78, 5) is 13.7. The second-order valence-corrected chi connectivity index (χ2v) is 4.99. The standard InChI is InChI=1S/C13H16F3N3O/c1-19(9-3-4-9)7-12(20)18-11-5-2-8(6-10(11)17)13(14,15)16/h2,5-6,9H,3-4,7,17H2,1H3,(H,18,20). The van der Waals surface area contributed by atoms with Crippen molar-refractivity contribution in [2.24, 2.45) is 0 Å². The van der Waals surface area contributed by atoms with Gasteiger partial charge in [-0.25, -0.2) is 0 Å². The van der Waals surface area contributed by atoms with Gasteiger partial charge in [0, 0.05) is 6.04 Å². The van der Waals surface area contributed by atoms with E-state index in [1.54, 1.807) is 0 Å². The van der Waals surface area contributed by atoms with Crippen LogP contribution in [0, 0.1) is 0 Å². The Bertz CT molecular complexity index is 512. The average Bonchev–Trinajstić information content (AvgIpc) is 3.14. The van der Waals surface area contributed by atoms with Crippen molar-refractivity contribution < 1.29 is 18.0 Å². The number of nitrogen functional groups attached to an aromatic ring is 1. The first-order valence-corrected chi connectivity index (χ1v) is 6.24. The number of amides is 1. The number of carbonyl (C=O) groups excluding carboxylic acids is 1. The normalized spacial score (nSPS) is 15.4. The largest absolute Gasteiger partial charge is 0.416 e. The molecule has 0 aromatic heterocycles. The quantitative estimate of drug-likeness (QED) is 0.836. The summed E-state index contributed by atoms with van der Waals surface area (Å²) in [6.45, 7) is 0.200. The van der Waals surface area contributed by atoms with Gasteiger partial charge < -0.3 is 11.1 Å². The summed E-state index contributed by atoms with van der Waals surface area (Å²) in [6, 6.07) is 3.33. The van der Waals surface area contributed by atoms with E-state index in [0.717, 1.165) is 25.0 Å². The first-order valence-electron chi connectivity index (χ1n) is 6.24. The Morgan fingerprint density at radius 1 is 1.45 bits per heavy atom. The maximum atomic E-state index is 12.5. The first kappa shape index (κ1) is 14.6. The number of benzene rings is 1. The van der Waals surface area contributed by atoms with Gasteiger partial charge in [0.05, 0.1) is 23.5 Å². The van der Waals surface area contributed by atoms with E-state index in [4.69, 9.17) is 5.73 Å². The molecule has 1 saturated carbocycles. The lowest BCUT2D eigenvalue weighted by molar-refractivity contribution is -0.137. The number of nitrogens with zero attached hydrogens (tertiary/aromatic N) is 1. The van der Waals surface area contributed by atoms with Gasteiger partial charge >= 0.3 is 6.18 Å². The molecule has 1 amide bonds. The van der Waals surface area contributed by atoms with Crippen LogP contribution >= 0.6 is 0 Å². The molecule has 0 bridgehead atoms. The zero-order chi connectivity index (χ0) is 14.9. The topological polar surface area (TPSA) is 58.4 Å². The molecule has 1 aromatic rings. The second-order valence-electron chi connectivity index (χ2n) is 4.99. The molecule has 0 saturated heterocycles. The lowest BCUT2D eigenvalue weighted by atomic mass is 10.1. The van der Waals surface area contributed by atoms with Crippen LogP contribution in [0.1, 0.15) is 18.4 Å². The van der Waals surface area contributed by atoms with Crippen molar-refractivity contribution in [2.75, 3.05) is 24.6 Å². The van der Waals surface area contributed by atoms with Gasteiger partial charge in [-0.2, -0.15) is 13.2 Å². The van der Waals surface area contributed by atoms with Crippen molar-refractivity contribution in [1.82, 2.24) is 4.90 Å². The number of carbonyl (C=O) groups is 1. The highest BCUT2D eigenvalue weighted by molar-refractivity contribution is 5.95. The smallest absolute Gasteiger partial charge is 0.397 e. The second kappa shape index (κ2) is 5.32. The van der Waals surface area contributed by atoms with Crippen molar-refractivity contribution in [3.8, 4) is 0 Å². The summed E-state index contributed by atoms with van der Waals surface area (Å²) < 4.78 is 37.4. The Labute approximate surface area is 114 Å². The van der Waals surface area contributed by atoms with Crippen molar-refractivity contribution in [3.63, 3.8) is 0 Å². The molecule has 3 N–H and O–H groups in total. The third kappa shape index (κ3) is 3.63. The van der Waals surface area contributed by atoms with Crippen LogP contribution in [0.25, 0.3) is 0 Å². The Hall–Kier alpha value is -1.76. The third-order valence-corrected chi connectivity index (χ3v) is 3.22. The van der Waals surface area contributed by atoms with Gasteiger partial charge in [0.15, 0.2) is 0 Å². The maximum Gasteiger partial charge on any atom is 0.416 e. The molecule has 1 aliphatic carbocycles. The number of alkyl halides is 3. The van der Waals surface area contributed by atoms with Gasteiger partial charge in [-0.1, -0.05) is 0 Å². The predicted octanol–water partition coefficient (Wildman–Crippen LogP) is 2.32. The van der Waals surface area contributed by atoms with Crippen LogP contribution in [0.2, 0.25) is 0 Å². The SMILES string of the molecule is CN(CC(=O)Nc1ccc(C(F)(F)F)cc1N)C1CC1. The minimum atomic E-state index is -4.44. The third-order valence-electron chi connectivity index (χ3n) is 3.22. The molecule has 1 fully saturated rings. The lowest BCUT2D eigenvalue weighted by Crippen LogP contribution is -2.31. The molecule has 4 nitrogen and oxygen atoms in total. The van der Waals surface area contributed by atoms with Crippen molar-refractivity contribution in [1.29, 1.82) is 0 Å². The molecule has 2 rings (SSSR count). The summed E-state index contributed by atoms with van der Waals surface area (Å²) in [5.41, 5.74) is 4.82. The van der Waals surface area contributed by atoms with E-state index in [9.17, 15) is 18.0 Å². The summed E-state index contributed by atoms with van der Waals surface area (Å²) in [5, 5.41) is 2.53. The predicted molar refractivity (Wildman–Crippen MR) is 70.1 cm³/mol. The van der Waals surface area contributed by atoms with Crippen molar-refractivity contribution >= 4 is 17.3 Å². The van der Waals surface area contributed by atoms with Crippen LogP contribution in [0.3, 0.4) is 0 Å². The maximum absolute atomic E-state index is 12.5. The van der Waals surface area contributed by atoms with E-state index >= 15 is 0 Å². The van der Waals surface area contributed by atoms with Crippen LogP contribution < -0.4 is 11.1 Å². The van der Waals surface area contributed by atoms with Crippen LogP contribution in [-0.2, 0) is 11.0 Å². The molecule has 0 aliphatic heterocycles. The zero-order valence-electron chi connectivity index (χ0n) is 11.0. The van der Waals surface area contributed by atoms with Gasteiger partial charge in [0.25, 0.3) is 0 Å². The molecule has 7 heteroatoms. The summed E-state index contributed by atoms with van der Waals surface area (Å²) in [5.74, 6) is -0.286. The molecule has 0 atom stereocenters. The molecule has 0 radical (unpaired) electrons. The minimum Gasteiger partial charge on any atom is -0.397 e. The number of anilines is 2. The van der Waals surface area contributed by atoms with Gasteiger partial charge in [-0.3, -0.25) is 9.69 Å². The van der Waals surface area contributed by atoms with Crippen molar-refractivity contribution in [2.45, 2.75) is 25.1 Å². The number of nitrogens with one attached hydrogen (secondary N) is 1. The highest BCUT2D eigenvalue weighted by Crippen LogP contribution is 2.32.